The summed E-state index contributed by atoms with van der Waals surface area (Å²) in [5.74, 6) is 0.111. The predicted molar refractivity (Wildman–Crippen MR) is 122 cm³/mol. The molecule has 1 aliphatic heterocycles. The lowest BCUT2D eigenvalue weighted by molar-refractivity contribution is -0.151. The zero-order chi connectivity index (χ0) is 21.3. The topological polar surface area (TPSA) is 46.6 Å². The molecule has 160 valence electrons. The molecule has 1 heterocycles. The number of amides is 1. The Morgan fingerprint density at radius 3 is 2.63 bits per heavy atom. The van der Waals surface area contributed by atoms with Crippen molar-refractivity contribution in [1.29, 1.82) is 0 Å². The molecule has 0 bridgehead atoms. The molecule has 2 atom stereocenters. The minimum Gasteiger partial charge on any atom is -0.466 e. The van der Waals surface area contributed by atoms with Gasteiger partial charge in [0.1, 0.15) is 0 Å². The van der Waals surface area contributed by atoms with Crippen LogP contribution in [0.1, 0.15) is 25.3 Å². The molecule has 1 amide bonds. The highest BCUT2D eigenvalue weighted by molar-refractivity contribution is 7.99. The van der Waals surface area contributed by atoms with Crippen LogP contribution in [0.2, 0.25) is 5.02 Å². The van der Waals surface area contributed by atoms with E-state index in [1.165, 1.54) is 0 Å². The van der Waals surface area contributed by atoms with E-state index in [2.05, 4.69) is 12.1 Å². The molecule has 1 aliphatic rings. The maximum Gasteiger partial charge on any atom is 0.310 e. The normalized spacial score (nSPS) is 17.4. The Labute approximate surface area is 187 Å². The number of thioether (sulfide) groups is 1. The van der Waals surface area contributed by atoms with Crippen molar-refractivity contribution in [2.45, 2.75) is 31.1 Å². The summed E-state index contributed by atoms with van der Waals surface area (Å²) in [6, 6.07) is 17.8. The van der Waals surface area contributed by atoms with E-state index < -0.39 is 0 Å². The first-order valence-corrected chi connectivity index (χ1v) is 11.8. The number of esters is 1. The van der Waals surface area contributed by atoms with E-state index in [1.54, 1.807) is 11.8 Å². The first-order chi connectivity index (χ1) is 14.6. The summed E-state index contributed by atoms with van der Waals surface area (Å²) in [7, 11) is 0. The van der Waals surface area contributed by atoms with Crippen LogP contribution in [0, 0.1) is 11.8 Å². The molecular formula is C24H28ClNO3S. The van der Waals surface area contributed by atoms with Crippen molar-refractivity contribution in [3.8, 4) is 0 Å². The predicted octanol–water partition coefficient (Wildman–Crippen LogP) is 5.09. The maximum absolute atomic E-state index is 13.5. The fraction of sp³-hybridized carbons (Fsp3) is 0.417. The Morgan fingerprint density at radius 1 is 1.17 bits per heavy atom. The smallest absolute Gasteiger partial charge is 0.310 e. The van der Waals surface area contributed by atoms with Gasteiger partial charge >= 0.3 is 5.97 Å². The van der Waals surface area contributed by atoms with Crippen LogP contribution in [0.5, 0.6) is 0 Å². The van der Waals surface area contributed by atoms with E-state index in [1.807, 2.05) is 54.3 Å². The van der Waals surface area contributed by atoms with E-state index in [0.717, 1.165) is 23.3 Å². The summed E-state index contributed by atoms with van der Waals surface area (Å²) >= 11 is 8.06. The van der Waals surface area contributed by atoms with Crippen molar-refractivity contribution >= 4 is 35.2 Å². The molecule has 0 unspecified atom stereocenters. The molecule has 0 saturated carbocycles. The largest absolute Gasteiger partial charge is 0.466 e. The van der Waals surface area contributed by atoms with Crippen LogP contribution < -0.4 is 0 Å². The Balaban J connectivity index is 1.73. The molecule has 0 aliphatic carbocycles. The highest BCUT2D eigenvalue weighted by Gasteiger charge is 2.32. The maximum atomic E-state index is 13.5. The van der Waals surface area contributed by atoms with Crippen molar-refractivity contribution in [2.75, 3.05) is 25.4 Å². The zero-order valence-electron chi connectivity index (χ0n) is 17.3. The van der Waals surface area contributed by atoms with Gasteiger partial charge in [-0.1, -0.05) is 48.0 Å². The number of rotatable bonds is 8. The van der Waals surface area contributed by atoms with Crippen LogP contribution in [0.3, 0.4) is 0 Å². The van der Waals surface area contributed by atoms with Gasteiger partial charge in [-0.15, -0.1) is 11.8 Å². The van der Waals surface area contributed by atoms with Crippen molar-refractivity contribution in [1.82, 2.24) is 4.90 Å². The summed E-state index contributed by atoms with van der Waals surface area (Å²) < 4.78 is 5.19. The number of benzene rings is 2. The van der Waals surface area contributed by atoms with Crippen LogP contribution in [0.25, 0.3) is 0 Å². The SMILES string of the molecule is CCOC(=O)[C@H]1CCCN(C(=O)[C@@H](CSc2ccccc2)Cc2ccccc2Cl)C1. The molecule has 2 aromatic carbocycles. The fourth-order valence-electron chi connectivity index (χ4n) is 3.75. The van der Waals surface area contributed by atoms with Crippen LogP contribution in [-0.4, -0.2) is 42.2 Å². The molecule has 2 aromatic rings. The monoisotopic (exact) mass is 445 g/mol. The first kappa shape index (κ1) is 22.7. The van der Waals surface area contributed by atoms with Crippen molar-refractivity contribution in [2.24, 2.45) is 11.8 Å². The van der Waals surface area contributed by atoms with Gasteiger partial charge in [0, 0.05) is 28.8 Å². The molecule has 0 N–H and O–H groups in total. The quantitative estimate of drug-likeness (QED) is 0.419. The van der Waals surface area contributed by atoms with Gasteiger partial charge in [-0.05, 0) is 49.9 Å². The molecule has 0 spiro atoms. The number of ether oxygens (including phenoxy) is 1. The number of nitrogens with zero attached hydrogens (tertiary/aromatic N) is 1. The number of hydrogen-bond acceptors (Lipinski definition) is 4. The minimum absolute atomic E-state index is 0.0901. The molecule has 1 fully saturated rings. The molecule has 30 heavy (non-hydrogen) atoms. The third-order valence-electron chi connectivity index (χ3n) is 5.32. The van der Waals surface area contributed by atoms with Crippen molar-refractivity contribution in [3.05, 3.63) is 65.2 Å². The minimum atomic E-state index is -0.231. The van der Waals surface area contributed by atoms with Gasteiger partial charge in [0.25, 0.3) is 0 Å². The highest BCUT2D eigenvalue weighted by Crippen LogP contribution is 2.28. The second kappa shape index (κ2) is 11.4. The van der Waals surface area contributed by atoms with E-state index in [-0.39, 0.29) is 23.7 Å². The summed E-state index contributed by atoms with van der Waals surface area (Å²) in [4.78, 5) is 28.7. The van der Waals surface area contributed by atoms with Gasteiger partial charge in [0.05, 0.1) is 18.4 Å². The first-order valence-electron chi connectivity index (χ1n) is 10.4. The van der Waals surface area contributed by atoms with E-state index in [4.69, 9.17) is 16.3 Å². The van der Waals surface area contributed by atoms with Crippen LogP contribution in [0.15, 0.2) is 59.5 Å². The lowest BCUT2D eigenvalue weighted by atomic mass is 9.94. The molecule has 0 radical (unpaired) electrons. The Kier molecular flexibility index (Phi) is 8.64. The number of likely N-dealkylation sites (tertiary alicyclic amines) is 1. The third kappa shape index (κ3) is 6.26. The standard InChI is InChI=1S/C24H28ClNO3S/c1-2-29-24(28)19-10-8-14-26(16-19)23(27)20(15-18-9-6-7-13-22(18)25)17-30-21-11-4-3-5-12-21/h3-7,9,11-13,19-20H,2,8,10,14-17H2,1H3/t19-,20+/m0/s1. The summed E-state index contributed by atoms with van der Waals surface area (Å²) in [6.45, 7) is 3.30. The molecule has 1 saturated heterocycles. The van der Waals surface area contributed by atoms with Gasteiger partial charge in [0.2, 0.25) is 5.91 Å². The number of piperidine rings is 1. The Bertz CT molecular complexity index is 845. The van der Waals surface area contributed by atoms with Crippen molar-refractivity contribution < 1.29 is 14.3 Å². The second-order valence-electron chi connectivity index (χ2n) is 7.49. The number of hydrogen-bond donors (Lipinski definition) is 0. The van der Waals surface area contributed by atoms with Gasteiger partial charge in [-0.3, -0.25) is 9.59 Å². The number of halogens is 1. The number of carbonyl (C=O) groups is 2. The molecule has 4 nitrogen and oxygen atoms in total. The van der Waals surface area contributed by atoms with Gasteiger partial charge in [-0.25, -0.2) is 0 Å². The van der Waals surface area contributed by atoms with Crippen LogP contribution in [-0.2, 0) is 20.7 Å². The van der Waals surface area contributed by atoms with Crippen LogP contribution in [0.4, 0.5) is 0 Å². The molecule has 6 heteroatoms. The zero-order valence-corrected chi connectivity index (χ0v) is 18.8. The lowest BCUT2D eigenvalue weighted by Gasteiger charge is -2.34. The molecule has 0 aromatic heterocycles. The molecular weight excluding hydrogens is 418 g/mol. The lowest BCUT2D eigenvalue weighted by Crippen LogP contribution is -2.46. The average molecular weight is 446 g/mol. The van der Waals surface area contributed by atoms with Crippen molar-refractivity contribution in [3.63, 3.8) is 0 Å². The Hall–Kier alpha value is -1.98. The van der Waals surface area contributed by atoms with E-state index >= 15 is 0 Å². The Morgan fingerprint density at radius 2 is 1.90 bits per heavy atom. The fourth-order valence-corrected chi connectivity index (χ4v) is 4.97. The summed E-state index contributed by atoms with van der Waals surface area (Å²) in [5, 5.41) is 0.683. The third-order valence-corrected chi connectivity index (χ3v) is 6.86. The van der Waals surface area contributed by atoms with Gasteiger partial charge < -0.3 is 9.64 Å². The molecule has 3 rings (SSSR count). The summed E-state index contributed by atoms with van der Waals surface area (Å²) in [6.07, 6.45) is 2.18. The van der Waals surface area contributed by atoms with Gasteiger partial charge in [-0.2, -0.15) is 0 Å². The van der Waals surface area contributed by atoms with E-state index in [9.17, 15) is 9.59 Å². The number of carbonyl (C=O) groups excluding carboxylic acids is 2. The summed E-state index contributed by atoms with van der Waals surface area (Å²) in [5.41, 5.74) is 0.977. The average Bonchev–Trinajstić information content (AvgIpc) is 2.78. The van der Waals surface area contributed by atoms with E-state index in [0.29, 0.717) is 36.9 Å². The van der Waals surface area contributed by atoms with Gasteiger partial charge in [0.15, 0.2) is 0 Å². The highest BCUT2D eigenvalue weighted by atomic mass is 35.5. The second-order valence-corrected chi connectivity index (χ2v) is 8.99. The van der Waals surface area contributed by atoms with Crippen LogP contribution >= 0.6 is 23.4 Å².